The lowest BCUT2D eigenvalue weighted by Gasteiger charge is -2.12. The van der Waals surface area contributed by atoms with Crippen molar-refractivity contribution in [3.63, 3.8) is 0 Å². The summed E-state index contributed by atoms with van der Waals surface area (Å²) in [7, 11) is 0. The van der Waals surface area contributed by atoms with Gasteiger partial charge in [0.2, 0.25) is 5.91 Å². The van der Waals surface area contributed by atoms with Crippen molar-refractivity contribution in [2.24, 2.45) is 0 Å². The van der Waals surface area contributed by atoms with E-state index in [-0.39, 0.29) is 12.4 Å². The van der Waals surface area contributed by atoms with Crippen molar-refractivity contribution in [3.05, 3.63) is 47.7 Å². The van der Waals surface area contributed by atoms with Gasteiger partial charge in [-0.25, -0.2) is 4.79 Å². The van der Waals surface area contributed by atoms with Crippen LogP contribution in [0.2, 0.25) is 0 Å². The standard InChI is InChI=1S/C16H16N4O4/c1-10-7-13(19-24-10)18-14(21)9-20-15(22)12(17-16(20)23)8-11-5-3-2-4-6-11/h2-7,12H,8-9H2,1H3,(H,17,23)(H,18,19,21)/t12-/m0/s1. The first-order valence-electron chi connectivity index (χ1n) is 7.42. The first-order valence-corrected chi connectivity index (χ1v) is 7.42. The van der Waals surface area contributed by atoms with Crippen LogP contribution in [-0.2, 0) is 16.0 Å². The van der Waals surface area contributed by atoms with E-state index in [1.807, 2.05) is 30.3 Å². The molecular formula is C16H16N4O4. The van der Waals surface area contributed by atoms with Crippen molar-refractivity contribution >= 4 is 23.7 Å². The Labute approximate surface area is 137 Å². The number of aromatic nitrogens is 1. The average molecular weight is 328 g/mol. The van der Waals surface area contributed by atoms with E-state index in [0.717, 1.165) is 10.5 Å². The van der Waals surface area contributed by atoms with E-state index in [2.05, 4.69) is 15.8 Å². The Hall–Kier alpha value is -3.16. The van der Waals surface area contributed by atoms with Gasteiger partial charge in [0, 0.05) is 12.5 Å². The highest BCUT2D eigenvalue weighted by Gasteiger charge is 2.38. The molecule has 0 radical (unpaired) electrons. The smallest absolute Gasteiger partial charge is 0.325 e. The van der Waals surface area contributed by atoms with Gasteiger partial charge in [0.1, 0.15) is 18.3 Å². The van der Waals surface area contributed by atoms with Crippen LogP contribution in [0.3, 0.4) is 0 Å². The summed E-state index contributed by atoms with van der Waals surface area (Å²) in [6, 6.07) is 9.66. The van der Waals surface area contributed by atoms with Gasteiger partial charge >= 0.3 is 6.03 Å². The zero-order valence-electron chi connectivity index (χ0n) is 13.0. The first-order chi connectivity index (χ1) is 11.5. The van der Waals surface area contributed by atoms with Gasteiger partial charge in [-0.1, -0.05) is 35.5 Å². The number of amides is 4. The van der Waals surface area contributed by atoms with Crippen LogP contribution in [0.5, 0.6) is 0 Å². The Morgan fingerprint density at radius 3 is 2.75 bits per heavy atom. The third-order valence-corrected chi connectivity index (χ3v) is 3.59. The highest BCUT2D eigenvalue weighted by Crippen LogP contribution is 2.13. The van der Waals surface area contributed by atoms with Gasteiger partial charge in [0.15, 0.2) is 5.82 Å². The van der Waals surface area contributed by atoms with Gasteiger partial charge in [-0.3, -0.25) is 14.5 Å². The molecule has 1 aliphatic heterocycles. The maximum absolute atomic E-state index is 12.3. The number of nitrogens with zero attached hydrogens (tertiary/aromatic N) is 2. The van der Waals surface area contributed by atoms with E-state index in [9.17, 15) is 14.4 Å². The van der Waals surface area contributed by atoms with Gasteiger partial charge in [-0.05, 0) is 12.5 Å². The van der Waals surface area contributed by atoms with Crippen LogP contribution in [0.1, 0.15) is 11.3 Å². The minimum atomic E-state index is -0.665. The summed E-state index contributed by atoms with van der Waals surface area (Å²) in [6.45, 7) is 1.32. The summed E-state index contributed by atoms with van der Waals surface area (Å²) in [4.78, 5) is 37.2. The number of carbonyl (C=O) groups excluding carboxylic acids is 3. The molecule has 1 fully saturated rings. The van der Waals surface area contributed by atoms with Crippen LogP contribution in [0.4, 0.5) is 10.6 Å². The Balaban J connectivity index is 1.60. The van der Waals surface area contributed by atoms with E-state index in [1.165, 1.54) is 0 Å². The number of carbonyl (C=O) groups is 3. The van der Waals surface area contributed by atoms with E-state index in [4.69, 9.17) is 4.52 Å². The number of aryl methyl sites for hydroxylation is 1. The van der Waals surface area contributed by atoms with Crippen molar-refractivity contribution in [1.82, 2.24) is 15.4 Å². The summed E-state index contributed by atoms with van der Waals surface area (Å²) < 4.78 is 4.84. The van der Waals surface area contributed by atoms with Crippen molar-refractivity contribution in [2.45, 2.75) is 19.4 Å². The number of nitrogens with one attached hydrogen (secondary N) is 2. The second-order valence-electron chi connectivity index (χ2n) is 5.49. The first kappa shape index (κ1) is 15.7. The third kappa shape index (κ3) is 3.43. The summed E-state index contributed by atoms with van der Waals surface area (Å²) in [5.74, 6) is -0.156. The molecule has 24 heavy (non-hydrogen) atoms. The van der Waals surface area contributed by atoms with E-state index >= 15 is 0 Å². The fourth-order valence-electron chi connectivity index (χ4n) is 2.47. The number of rotatable bonds is 5. The molecule has 8 heteroatoms. The quantitative estimate of drug-likeness (QED) is 0.799. The summed E-state index contributed by atoms with van der Waals surface area (Å²) in [5.41, 5.74) is 0.931. The van der Waals surface area contributed by atoms with Crippen molar-refractivity contribution in [3.8, 4) is 0 Å². The van der Waals surface area contributed by atoms with Crippen LogP contribution in [0.25, 0.3) is 0 Å². The highest BCUT2D eigenvalue weighted by atomic mass is 16.5. The lowest BCUT2D eigenvalue weighted by atomic mass is 10.1. The molecule has 1 atom stereocenters. The van der Waals surface area contributed by atoms with Crippen LogP contribution in [0.15, 0.2) is 40.9 Å². The van der Waals surface area contributed by atoms with Gasteiger partial charge in [-0.15, -0.1) is 0 Å². The second kappa shape index (κ2) is 6.53. The van der Waals surface area contributed by atoms with Gasteiger partial charge in [-0.2, -0.15) is 0 Å². The topological polar surface area (TPSA) is 105 Å². The molecule has 2 aromatic rings. The molecule has 8 nitrogen and oxygen atoms in total. The molecule has 3 rings (SSSR count). The molecule has 0 unspecified atom stereocenters. The Bertz CT molecular complexity index is 771. The zero-order valence-corrected chi connectivity index (χ0v) is 13.0. The molecule has 1 aromatic carbocycles. The minimum absolute atomic E-state index is 0.241. The number of urea groups is 1. The SMILES string of the molecule is Cc1cc(NC(=O)CN2C(=O)N[C@@H](Cc3ccccc3)C2=O)no1. The zero-order chi connectivity index (χ0) is 17.1. The number of imide groups is 1. The fourth-order valence-corrected chi connectivity index (χ4v) is 2.47. The Morgan fingerprint density at radius 2 is 2.08 bits per heavy atom. The number of anilines is 1. The van der Waals surface area contributed by atoms with Crippen LogP contribution >= 0.6 is 0 Å². The predicted molar refractivity (Wildman–Crippen MR) is 84.0 cm³/mol. The lowest BCUT2D eigenvalue weighted by Crippen LogP contribution is -2.38. The van der Waals surface area contributed by atoms with Gasteiger partial charge in [0.05, 0.1) is 0 Å². The number of hydrogen-bond acceptors (Lipinski definition) is 5. The number of benzene rings is 1. The van der Waals surface area contributed by atoms with Crippen molar-refractivity contribution in [1.29, 1.82) is 0 Å². The summed E-state index contributed by atoms with van der Waals surface area (Å²) >= 11 is 0. The average Bonchev–Trinajstić information content (AvgIpc) is 3.07. The maximum atomic E-state index is 12.3. The van der Waals surface area contributed by atoms with Crippen LogP contribution in [0, 0.1) is 6.92 Å². The van der Waals surface area contributed by atoms with E-state index < -0.39 is 23.9 Å². The largest absolute Gasteiger partial charge is 0.360 e. The monoisotopic (exact) mass is 328 g/mol. The molecule has 0 aliphatic carbocycles. The van der Waals surface area contributed by atoms with Gasteiger partial charge in [0.25, 0.3) is 5.91 Å². The molecule has 1 aromatic heterocycles. The van der Waals surface area contributed by atoms with Crippen molar-refractivity contribution in [2.75, 3.05) is 11.9 Å². The van der Waals surface area contributed by atoms with Crippen LogP contribution in [-0.4, -0.2) is 40.5 Å². The third-order valence-electron chi connectivity index (χ3n) is 3.59. The van der Waals surface area contributed by atoms with E-state index in [1.54, 1.807) is 13.0 Å². The molecule has 0 bridgehead atoms. The molecular weight excluding hydrogens is 312 g/mol. The maximum Gasteiger partial charge on any atom is 0.325 e. The molecule has 0 saturated carbocycles. The lowest BCUT2D eigenvalue weighted by molar-refractivity contribution is -0.130. The minimum Gasteiger partial charge on any atom is -0.360 e. The highest BCUT2D eigenvalue weighted by molar-refractivity contribution is 6.07. The second-order valence-corrected chi connectivity index (χ2v) is 5.49. The predicted octanol–water partition coefficient (Wildman–Crippen LogP) is 1.08. The molecule has 124 valence electrons. The van der Waals surface area contributed by atoms with Crippen LogP contribution < -0.4 is 10.6 Å². The van der Waals surface area contributed by atoms with E-state index in [0.29, 0.717) is 12.2 Å². The number of hydrogen-bond donors (Lipinski definition) is 2. The normalized spacial score (nSPS) is 17.0. The fraction of sp³-hybridized carbons (Fsp3) is 0.250. The molecule has 4 amide bonds. The van der Waals surface area contributed by atoms with Gasteiger partial charge < -0.3 is 15.2 Å². The summed E-state index contributed by atoms with van der Waals surface area (Å²) in [6.07, 6.45) is 0.381. The Morgan fingerprint density at radius 1 is 1.33 bits per heavy atom. The van der Waals surface area contributed by atoms with Crippen molar-refractivity contribution < 1.29 is 18.9 Å². The Kier molecular flexibility index (Phi) is 4.28. The molecule has 0 spiro atoms. The molecule has 2 N–H and O–H groups in total. The molecule has 1 aliphatic rings. The molecule has 1 saturated heterocycles. The summed E-state index contributed by atoms with van der Waals surface area (Å²) in [5, 5.41) is 8.70. The molecule has 2 heterocycles.